The van der Waals surface area contributed by atoms with Gasteiger partial charge in [0, 0.05) is 13.8 Å². The highest BCUT2D eigenvalue weighted by Gasteiger charge is 2.12. The van der Waals surface area contributed by atoms with Gasteiger partial charge >= 0.3 is 11.9 Å². The molecule has 1 rings (SSSR count). The van der Waals surface area contributed by atoms with Crippen LogP contribution < -0.4 is 0 Å². The Labute approximate surface area is 87.8 Å². The zero-order chi connectivity index (χ0) is 11.3. The van der Waals surface area contributed by atoms with E-state index in [0.717, 1.165) is 0 Å². The van der Waals surface area contributed by atoms with Crippen LogP contribution in [-0.4, -0.2) is 18.2 Å². The first-order valence-electron chi connectivity index (χ1n) is 4.44. The molecule has 0 aliphatic rings. The van der Waals surface area contributed by atoms with Gasteiger partial charge in [0.15, 0.2) is 0 Å². The fourth-order valence-electron chi connectivity index (χ4n) is 1.000. The van der Waals surface area contributed by atoms with Crippen molar-refractivity contribution >= 4 is 11.9 Å². The molecular weight excluding hydrogens is 196 g/mol. The summed E-state index contributed by atoms with van der Waals surface area (Å²) < 4.78 is 9.50. The Kier molecular flexibility index (Phi) is 3.85. The predicted octanol–water partition coefficient (Wildman–Crippen LogP) is 1.55. The Balaban J connectivity index is 2.53. The lowest BCUT2D eigenvalue weighted by Gasteiger charge is -2.12. The number of carbonyl (C=O) groups excluding carboxylic acids is 2. The first kappa shape index (κ1) is 11.2. The molecule has 79 valence electrons. The zero-order valence-electron chi connectivity index (χ0n) is 8.52. The van der Waals surface area contributed by atoms with Crippen LogP contribution in [0.2, 0.25) is 0 Å². The number of hydrogen-bond acceptors (Lipinski definition) is 4. The number of ether oxygens (including phenoxy) is 2. The summed E-state index contributed by atoms with van der Waals surface area (Å²) in [5.41, 5.74) is 0.396. The summed E-state index contributed by atoms with van der Waals surface area (Å²) in [6, 6.07) is 9.13. The molecule has 1 aromatic rings. The van der Waals surface area contributed by atoms with Gasteiger partial charge < -0.3 is 9.47 Å². The maximum atomic E-state index is 11.4. The summed E-state index contributed by atoms with van der Waals surface area (Å²) in [6.45, 7) is 2.73. The molecule has 0 saturated heterocycles. The lowest BCUT2D eigenvalue weighted by Crippen LogP contribution is -2.20. The highest BCUT2D eigenvalue weighted by Crippen LogP contribution is 2.04. The minimum absolute atomic E-state index is 0.396. The van der Waals surface area contributed by atoms with Crippen LogP contribution in [0.15, 0.2) is 24.3 Å². The van der Waals surface area contributed by atoms with Gasteiger partial charge in [0.05, 0.1) is 5.56 Å². The van der Waals surface area contributed by atoms with Gasteiger partial charge in [-0.15, -0.1) is 0 Å². The van der Waals surface area contributed by atoms with Gasteiger partial charge in [-0.05, 0) is 18.2 Å². The van der Waals surface area contributed by atoms with E-state index in [4.69, 9.17) is 4.74 Å². The molecule has 0 saturated carbocycles. The number of esters is 2. The molecule has 0 heterocycles. The third-order valence-corrected chi connectivity index (χ3v) is 1.56. The van der Waals surface area contributed by atoms with Crippen molar-refractivity contribution in [1.82, 2.24) is 0 Å². The molecule has 4 heteroatoms. The van der Waals surface area contributed by atoms with Gasteiger partial charge in [-0.3, -0.25) is 4.79 Å². The highest BCUT2D eigenvalue weighted by molar-refractivity contribution is 5.89. The van der Waals surface area contributed by atoms with E-state index in [9.17, 15) is 9.59 Å². The van der Waals surface area contributed by atoms with Crippen LogP contribution in [0.1, 0.15) is 24.2 Å². The van der Waals surface area contributed by atoms with Crippen molar-refractivity contribution in [3.05, 3.63) is 35.9 Å². The quantitative estimate of drug-likeness (QED) is 0.557. The van der Waals surface area contributed by atoms with Crippen molar-refractivity contribution < 1.29 is 19.1 Å². The van der Waals surface area contributed by atoms with E-state index < -0.39 is 18.2 Å². The Morgan fingerprint density at radius 3 is 2.40 bits per heavy atom. The molecule has 0 aliphatic heterocycles. The van der Waals surface area contributed by atoms with Crippen LogP contribution in [0.3, 0.4) is 0 Å². The third kappa shape index (κ3) is 3.81. The minimum Gasteiger partial charge on any atom is -0.426 e. The van der Waals surface area contributed by atoms with Crippen molar-refractivity contribution in [2.24, 2.45) is 0 Å². The van der Waals surface area contributed by atoms with Crippen molar-refractivity contribution in [2.45, 2.75) is 20.1 Å². The normalized spacial score (nSPS) is 11.6. The van der Waals surface area contributed by atoms with E-state index in [1.165, 1.54) is 13.8 Å². The topological polar surface area (TPSA) is 52.6 Å². The molecule has 1 aromatic carbocycles. The summed E-state index contributed by atoms with van der Waals surface area (Å²) in [4.78, 5) is 22.0. The molecule has 1 unspecified atom stereocenters. The van der Waals surface area contributed by atoms with E-state index in [1.807, 2.05) is 0 Å². The summed E-state index contributed by atoms with van der Waals surface area (Å²) in [5.74, 6) is -1.02. The molecule has 0 amide bonds. The highest BCUT2D eigenvalue weighted by atomic mass is 16.7. The Bertz CT molecular complexity index is 345. The smallest absolute Gasteiger partial charge is 0.341 e. The van der Waals surface area contributed by atoms with Gasteiger partial charge in [0.1, 0.15) is 0 Å². The van der Waals surface area contributed by atoms with Crippen LogP contribution in [0.25, 0.3) is 0 Å². The maximum absolute atomic E-state index is 11.4. The van der Waals surface area contributed by atoms with Crippen molar-refractivity contribution in [3.8, 4) is 0 Å². The Morgan fingerprint density at radius 1 is 1.27 bits per heavy atom. The SMILES string of the molecule is CC(=O)OC(C)OC(=O)c1cc[c]cc1. The maximum Gasteiger partial charge on any atom is 0.341 e. The summed E-state index contributed by atoms with van der Waals surface area (Å²) in [7, 11) is 0. The molecule has 0 aliphatic carbocycles. The first-order chi connectivity index (χ1) is 7.09. The number of rotatable bonds is 3. The second-order valence-corrected chi connectivity index (χ2v) is 2.87. The van der Waals surface area contributed by atoms with Crippen LogP contribution >= 0.6 is 0 Å². The van der Waals surface area contributed by atoms with Gasteiger partial charge in [-0.25, -0.2) is 4.79 Å². The molecule has 1 atom stereocenters. The van der Waals surface area contributed by atoms with Gasteiger partial charge in [0.2, 0.25) is 6.29 Å². The third-order valence-electron chi connectivity index (χ3n) is 1.56. The van der Waals surface area contributed by atoms with E-state index in [1.54, 1.807) is 24.3 Å². The van der Waals surface area contributed by atoms with Gasteiger partial charge in [-0.2, -0.15) is 0 Å². The molecule has 1 radical (unpaired) electrons. The predicted molar refractivity (Wildman–Crippen MR) is 51.9 cm³/mol. The monoisotopic (exact) mass is 207 g/mol. The second-order valence-electron chi connectivity index (χ2n) is 2.87. The zero-order valence-corrected chi connectivity index (χ0v) is 8.52. The van der Waals surface area contributed by atoms with Crippen molar-refractivity contribution in [3.63, 3.8) is 0 Å². The van der Waals surface area contributed by atoms with Crippen molar-refractivity contribution in [1.29, 1.82) is 0 Å². The Hall–Kier alpha value is -1.84. The molecule has 0 aromatic heterocycles. The molecule has 0 N–H and O–H groups in total. The number of benzene rings is 1. The first-order valence-corrected chi connectivity index (χ1v) is 4.44. The molecular formula is C11H11O4. The lowest BCUT2D eigenvalue weighted by atomic mass is 10.2. The average Bonchev–Trinajstić information content (AvgIpc) is 2.17. The van der Waals surface area contributed by atoms with Crippen molar-refractivity contribution in [2.75, 3.05) is 0 Å². The van der Waals surface area contributed by atoms with Crippen LogP contribution in [0.4, 0.5) is 0 Å². The van der Waals surface area contributed by atoms with Crippen LogP contribution in [-0.2, 0) is 14.3 Å². The molecule has 0 bridgehead atoms. The fourth-order valence-corrected chi connectivity index (χ4v) is 1.000. The van der Waals surface area contributed by atoms with E-state index >= 15 is 0 Å². The molecule has 4 nitrogen and oxygen atoms in total. The Morgan fingerprint density at radius 2 is 1.87 bits per heavy atom. The summed E-state index contributed by atoms with van der Waals surface area (Å²) in [5, 5.41) is 0. The van der Waals surface area contributed by atoms with Crippen LogP contribution in [0, 0.1) is 6.07 Å². The van der Waals surface area contributed by atoms with E-state index in [0.29, 0.717) is 5.56 Å². The number of carbonyl (C=O) groups is 2. The summed E-state index contributed by atoms with van der Waals surface area (Å²) in [6.07, 6.45) is -0.876. The average molecular weight is 207 g/mol. The number of hydrogen-bond donors (Lipinski definition) is 0. The van der Waals surface area contributed by atoms with Gasteiger partial charge in [0.25, 0.3) is 0 Å². The van der Waals surface area contributed by atoms with E-state index in [-0.39, 0.29) is 0 Å². The second kappa shape index (κ2) is 5.14. The molecule has 0 fully saturated rings. The summed E-state index contributed by atoms with van der Waals surface area (Å²) >= 11 is 0. The minimum atomic E-state index is -0.876. The van der Waals surface area contributed by atoms with E-state index in [2.05, 4.69) is 10.8 Å². The molecule has 0 spiro atoms. The van der Waals surface area contributed by atoms with Crippen LogP contribution in [0.5, 0.6) is 0 Å². The van der Waals surface area contributed by atoms with Gasteiger partial charge in [-0.1, -0.05) is 12.1 Å². The lowest BCUT2D eigenvalue weighted by molar-refractivity contribution is -0.162. The fraction of sp³-hybridized carbons (Fsp3) is 0.273. The molecule has 15 heavy (non-hydrogen) atoms. The largest absolute Gasteiger partial charge is 0.426 e. The standard InChI is InChI=1S/C11H11O4/c1-8(12)14-9(2)15-11(13)10-6-4-3-5-7-10/h4-7,9H,1-2H3.